The van der Waals surface area contributed by atoms with Gasteiger partial charge in [-0.25, -0.2) is 0 Å². The molecule has 3 nitrogen and oxygen atoms in total. The van der Waals surface area contributed by atoms with Crippen LogP contribution in [0, 0.1) is 0 Å². The molecule has 1 aromatic carbocycles. The molecule has 2 aromatic rings. The van der Waals surface area contributed by atoms with E-state index in [4.69, 9.17) is 0 Å². The first-order chi connectivity index (χ1) is 8.66. The highest BCUT2D eigenvalue weighted by molar-refractivity contribution is 5.98. The molecule has 1 fully saturated rings. The lowest BCUT2D eigenvalue weighted by Gasteiger charge is -2.25. The molecule has 1 aliphatic carbocycles. The van der Waals surface area contributed by atoms with Crippen LogP contribution in [-0.2, 0) is 0 Å². The SMILES string of the molecule is CC1(NC(=O)c2ccc3[nH]ccc3c2)CCCC1. The van der Waals surface area contributed by atoms with E-state index in [0.717, 1.165) is 29.3 Å². The van der Waals surface area contributed by atoms with Gasteiger partial charge in [-0.3, -0.25) is 4.79 Å². The molecule has 0 atom stereocenters. The van der Waals surface area contributed by atoms with Crippen molar-refractivity contribution in [3.05, 3.63) is 36.0 Å². The molecule has 0 radical (unpaired) electrons. The summed E-state index contributed by atoms with van der Waals surface area (Å²) < 4.78 is 0. The zero-order chi connectivity index (χ0) is 12.6. The molecule has 0 saturated heterocycles. The van der Waals surface area contributed by atoms with E-state index in [-0.39, 0.29) is 11.4 Å². The fourth-order valence-electron chi connectivity index (χ4n) is 2.82. The average Bonchev–Trinajstić information content (AvgIpc) is 2.96. The average molecular weight is 242 g/mol. The minimum atomic E-state index is -0.00974. The second-order valence-corrected chi connectivity index (χ2v) is 5.50. The molecule has 2 N–H and O–H groups in total. The van der Waals surface area contributed by atoms with E-state index in [1.54, 1.807) is 0 Å². The summed E-state index contributed by atoms with van der Waals surface area (Å²) in [7, 11) is 0. The van der Waals surface area contributed by atoms with Crippen molar-refractivity contribution in [2.45, 2.75) is 38.1 Å². The van der Waals surface area contributed by atoms with Crippen LogP contribution in [0.3, 0.4) is 0 Å². The van der Waals surface area contributed by atoms with E-state index < -0.39 is 0 Å². The first-order valence-electron chi connectivity index (χ1n) is 6.56. The number of hydrogen-bond acceptors (Lipinski definition) is 1. The van der Waals surface area contributed by atoms with Gasteiger partial charge in [0.2, 0.25) is 0 Å². The van der Waals surface area contributed by atoms with Gasteiger partial charge in [-0.1, -0.05) is 12.8 Å². The third-order valence-corrected chi connectivity index (χ3v) is 3.94. The van der Waals surface area contributed by atoms with Crippen molar-refractivity contribution in [3.63, 3.8) is 0 Å². The molecule has 0 aliphatic heterocycles. The smallest absolute Gasteiger partial charge is 0.251 e. The molecule has 0 spiro atoms. The number of benzene rings is 1. The number of carbonyl (C=O) groups is 1. The van der Waals surface area contributed by atoms with Gasteiger partial charge in [0.05, 0.1) is 0 Å². The monoisotopic (exact) mass is 242 g/mol. The Morgan fingerprint density at radius 2 is 2.06 bits per heavy atom. The zero-order valence-electron chi connectivity index (χ0n) is 10.6. The number of carbonyl (C=O) groups excluding carboxylic acids is 1. The zero-order valence-corrected chi connectivity index (χ0v) is 10.6. The van der Waals surface area contributed by atoms with Crippen LogP contribution in [0.4, 0.5) is 0 Å². The number of aromatic nitrogens is 1. The largest absolute Gasteiger partial charge is 0.361 e. The Kier molecular flexibility index (Phi) is 2.62. The summed E-state index contributed by atoms with van der Waals surface area (Å²) in [6.45, 7) is 2.15. The number of rotatable bonds is 2. The summed E-state index contributed by atoms with van der Waals surface area (Å²) in [5.74, 6) is 0.0440. The van der Waals surface area contributed by atoms with Crippen LogP contribution in [0.1, 0.15) is 43.0 Å². The van der Waals surface area contributed by atoms with Gasteiger partial charge in [-0.05, 0) is 44.0 Å². The number of H-pyrrole nitrogens is 1. The van der Waals surface area contributed by atoms with E-state index >= 15 is 0 Å². The lowest BCUT2D eigenvalue weighted by molar-refractivity contribution is 0.0908. The Morgan fingerprint density at radius 3 is 2.83 bits per heavy atom. The standard InChI is InChI=1S/C15H18N2O/c1-15(7-2-3-8-15)17-14(18)12-4-5-13-11(10-12)6-9-16-13/h4-6,9-10,16H,2-3,7-8H2,1H3,(H,17,18). The molecule has 3 heteroatoms. The summed E-state index contributed by atoms with van der Waals surface area (Å²) in [6.07, 6.45) is 6.50. The van der Waals surface area contributed by atoms with E-state index in [1.165, 1.54) is 12.8 Å². The van der Waals surface area contributed by atoms with Crippen molar-refractivity contribution in [3.8, 4) is 0 Å². The number of fused-ring (bicyclic) bond motifs is 1. The fraction of sp³-hybridized carbons (Fsp3) is 0.400. The second kappa shape index (κ2) is 4.16. The predicted molar refractivity (Wildman–Crippen MR) is 72.6 cm³/mol. The van der Waals surface area contributed by atoms with Crippen molar-refractivity contribution in [2.24, 2.45) is 0 Å². The van der Waals surface area contributed by atoms with Crippen molar-refractivity contribution in [1.82, 2.24) is 10.3 Å². The second-order valence-electron chi connectivity index (χ2n) is 5.50. The summed E-state index contributed by atoms with van der Waals surface area (Å²) >= 11 is 0. The molecule has 1 heterocycles. The Labute approximate surface area is 107 Å². The van der Waals surface area contributed by atoms with Gasteiger partial charge in [-0.2, -0.15) is 0 Å². The highest BCUT2D eigenvalue weighted by Gasteiger charge is 2.30. The molecule has 94 valence electrons. The predicted octanol–water partition coefficient (Wildman–Crippen LogP) is 3.23. The molecule has 0 unspecified atom stereocenters. The van der Waals surface area contributed by atoms with Crippen molar-refractivity contribution in [2.75, 3.05) is 0 Å². The van der Waals surface area contributed by atoms with Gasteiger partial charge in [0.15, 0.2) is 0 Å². The quantitative estimate of drug-likeness (QED) is 0.834. The van der Waals surface area contributed by atoms with E-state index in [1.807, 2.05) is 30.5 Å². The van der Waals surface area contributed by atoms with Crippen LogP contribution >= 0.6 is 0 Å². The van der Waals surface area contributed by atoms with Crippen molar-refractivity contribution < 1.29 is 4.79 Å². The summed E-state index contributed by atoms with van der Waals surface area (Å²) in [4.78, 5) is 15.4. The van der Waals surface area contributed by atoms with Gasteiger partial charge in [0.25, 0.3) is 5.91 Å². The van der Waals surface area contributed by atoms with E-state index in [2.05, 4.69) is 17.2 Å². The first kappa shape index (κ1) is 11.3. The summed E-state index contributed by atoms with van der Waals surface area (Å²) in [6, 6.07) is 7.77. The molecule has 1 amide bonds. The normalized spacial score (nSPS) is 18.1. The van der Waals surface area contributed by atoms with Gasteiger partial charge < -0.3 is 10.3 Å². The molecular formula is C15H18N2O. The first-order valence-corrected chi connectivity index (χ1v) is 6.56. The maximum absolute atomic E-state index is 12.3. The molecular weight excluding hydrogens is 224 g/mol. The van der Waals surface area contributed by atoms with Gasteiger partial charge in [0.1, 0.15) is 0 Å². The third-order valence-electron chi connectivity index (χ3n) is 3.94. The number of amides is 1. The maximum atomic E-state index is 12.3. The molecule has 3 rings (SSSR count). The van der Waals surface area contributed by atoms with Crippen LogP contribution in [-0.4, -0.2) is 16.4 Å². The molecule has 18 heavy (non-hydrogen) atoms. The Bertz CT molecular complexity index is 579. The Hall–Kier alpha value is -1.77. The van der Waals surface area contributed by atoms with Crippen LogP contribution < -0.4 is 5.32 Å². The maximum Gasteiger partial charge on any atom is 0.251 e. The summed E-state index contributed by atoms with van der Waals surface area (Å²) in [5.41, 5.74) is 1.80. The van der Waals surface area contributed by atoms with E-state index in [0.29, 0.717) is 0 Å². The minimum absolute atomic E-state index is 0.00974. The van der Waals surface area contributed by atoms with Crippen LogP contribution in [0.25, 0.3) is 10.9 Å². The number of aromatic amines is 1. The molecule has 0 bridgehead atoms. The summed E-state index contributed by atoms with van der Waals surface area (Å²) in [5, 5.41) is 4.26. The van der Waals surface area contributed by atoms with Gasteiger partial charge in [-0.15, -0.1) is 0 Å². The Balaban J connectivity index is 1.82. The molecule has 1 aliphatic rings. The topological polar surface area (TPSA) is 44.9 Å². The molecule has 1 saturated carbocycles. The Morgan fingerprint density at radius 1 is 1.28 bits per heavy atom. The van der Waals surface area contributed by atoms with Crippen LogP contribution in [0.15, 0.2) is 30.5 Å². The van der Waals surface area contributed by atoms with Crippen molar-refractivity contribution >= 4 is 16.8 Å². The number of hydrogen-bond donors (Lipinski definition) is 2. The lowest BCUT2D eigenvalue weighted by atomic mass is 10.00. The minimum Gasteiger partial charge on any atom is -0.361 e. The third kappa shape index (κ3) is 2.01. The number of nitrogens with one attached hydrogen (secondary N) is 2. The highest BCUT2D eigenvalue weighted by Crippen LogP contribution is 2.29. The van der Waals surface area contributed by atoms with Gasteiger partial charge >= 0.3 is 0 Å². The molecule has 1 aromatic heterocycles. The lowest BCUT2D eigenvalue weighted by Crippen LogP contribution is -2.43. The van der Waals surface area contributed by atoms with Crippen LogP contribution in [0.2, 0.25) is 0 Å². The highest BCUT2D eigenvalue weighted by atomic mass is 16.1. The fourth-order valence-corrected chi connectivity index (χ4v) is 2.82. The van der Waals surface area contributed by atoms with E-state index in [9.17, 15) is 4.79 Å². The van der Waals surface area contributed by atoms with Crippen molar-refractivity contribution in [1.29, 1.82) is 0 Å². The van der Waals surface area contributed by atoms with Crippen LogP contribution in [0.5, 0.6) is 0 Å². The van der Waals surface area contributed by atoms with Gasteiger partial charge in [0, 0.05) is 28.2 Å².